The van der Waals surface area contributed by atoms with Crippen molar-refractivity contribution in [2.24, 2.45) is 0 Å². The Morgan fingerprint density at radius 1 is 1.35 bits per heavy atom. The molecule has 1 saturated heterocycles. The van der Waals surface area contributed by atoms with Crippen molar-refractivity contribution >= 4 is 11.8 Å². The van der Waals surface area contributed by atoms with Crippen LogP contribution in [0.2, 0.25) is 0 Å². The maximum Gasteiger partial charge on any atom is 0.255 e. The Bertz CT molecular complexity index is 825. The van der Waals surface area contributed by atoms with E-state index in [9.17, 15) is 9.59 Å². The number of benzene rings is 1. The normalized spacial score (nSPS) is 17.2. The molecular formula is C20H26N4O2. The largest absolute Gasteiger partial charge is 0.347 e. The van der Waals surface area contributed by atoms with Gasteiger partial charge in [0.25, 0.3) is 5.91 Å². The third-order valence-electron chi connectivity index (χ3n) is 4.91. The lowest BCUT2D eigenvalue weighted by molar-refractivity contribution is -0.129. The van der Waals surface area contributed by atoms with Crippen molar-refractivity contribution in [3.05, 3.63) is 47.3 Å². The second-order valence-electron chi connectivity index (χ2n) is 7.07. The lowest BCUT2D eigenvalue weighted by Crippen LogP contribution is -2.39. The highest BCUT2D eigenvalue weighted by Gasteiger charge is 2.32. The Kier molecular flexibility index (Phi) is 5.11. The van der Waals surface area contributed by atoms with Gasteiger partial charge in [-0.05, 0) is 38.8 Å². The van der Waals surface area contributed by atoms with Crippen molar-refractivity contribution in [2.45, 2.75) is 52.6 Å². The summed E-state index contributed by atoms with van der Waals surface area (Å²) in [4.78, 5) is 26.7. The number of aryl methyl sites for hydroxylation is 1. The summed E-state index contributed by atoms with van der Waals surface area (Å²) in [7, 11) is 0. The van der Waals surface area contributed by atoms with Gasteiger partial charge in [-0.15, -0.1) is 0 Å². The van der Waals surface area contributed by atoms with Crippen LogP contribution in [0, 0.1) is 6.92 Å². The SMILES string of the molecule is CCc1c(C(=O)NC2CC(=O)N(C(C)C)C2)cnn1-c1ccccc1C. The number of amides is 2. The van der Waals surface area contributed by atoms with Crippen molar-refractivity contribution in [2.75, 3.05) is 6.54 Å². The molecular weight excluding hydrogens is 328 g/mol. The highest BCUT2D eigenvalue weighted by molar-refractivity contribution is 5.96. The van der Waals surface area contributed by atoms with E-state index in [1.165, 1.54) is 0 Å². The minimum atomic E-state index is -0.162. The Labute approximate surface area is 154 Å². The molecule has 26 heavy (non-hydrogen) atoms. The van der Waals surface area contributed by atoms with E-state index in [1.54, 1.807) is 6.20 Å². The summed E-state index contributed by atoms with van der Waals surface area (Å²) in [5, 5.41) is 7.46. The van der Waals surface area contributed by atoms with Crippen molar-refractivity contribution in [3.63, 3.8) is 0 Å². The number of hydrogen-bond acceptors (Lipinski definition) is 3. The molecule has 3 rings (SSSR count). The van der Waals surface area contributed by atoms with E-state index in [0.29, 0.717) is 24.9 Å². The molecule has 0 saturated carbocycles. The van der Waals surface area contributed by atoms with Crippen LogP contribution in [0.25, 0.3) is 5.69 Å². The van der Waals surface area contributed by atoms with Crippen LogP contribution in [0.4, 0.5) is 0 Å². The summed E-state index contributed by atoms with van der Waals surface area (Å²) in [6, 6.07) is 7.98. The van der Waals surface area contributed by atoms with E-state index in [0.717, 1.165) is 16.9 Å². The molecule has 1 aliphatic heterocycles. The number of nitrogens with one attached hydrogen (secondary N) is 1. The molecule has 1 fully saturated rings. The van der Waals surface area contributed by atoms with Gasteiger partial charge in [-0.3, -0.25) is 9.59 Å². The lowest BCUT2D eigenvalue weighted by atomic mass is 10.1. The number of nitrogens with zero attached hydrogens (tertiary/aromatic N) is 3. The number of carbonyl (C=O) groups excluding carboxylic acids is 2. The smallest absolute Gasteiger partial charge is 0.255 e. The molecule has 0 aliphatic carbocycles. The summed E-state index contributed by atoms with van der Waals surface area (Å²) < 4.78 is 1.84. The molecule has 1 unspecified atom stereocenters. The lowest BCUT2D eigenvalue weighted by Gasteiger charge is -2.21. The molecule has 2 heterocycles. The fraction of sp³-hybridized carbons (Fsp3) is 0.450. The van der Waals surface area contributed by atoms with Gasteiger partial charge in [0.1, 0.15) is 0 Å². The van der Waals surface area contributed by atoms with Gasteiger partial charge in [-0.2, -0.15) is 5.10 Å². The number of likely N-dealkylation sites (tertiary alicyclic amines) is 1. The average molecular weight is 354 g/mol. The molecule has 2 aromatic rings. The number of rotatable bonds is 5. The summed E-state index contributed by atoms with van der Waals surface area (Å²) in [6.07, 6.45) is 2.67. The van der Waals surface area contributed by atoms with Crippen LogP contribution in [0.5, 0.6) is 0 Å². The summed E-state index contributed by atoms with van der Waals surface area (Å²) in [5.74, 6) is -0.0679. The van der Waals surface area contributed by atoms with Crippen LogP contribution < -0.4 is 5.32 Å². The molecule has 1 N–H and O–H groups in total. The number of hydrogen-bond donors (Lipinski definition) is 1. The van der Waals surface area contributed by atoms with Crippen LogP contribution in [-0.2, 0) is 11.2 Å². The van der Waals surface area contributed by atoms with Crippen molar-refractivity contribution < 1.29 is 9.59 Å². The van der Waals surface area contributed by atoms with Crippen LogP contribution >= 0.6 is 0 Å². The molecule has 0 radical (unpaired) electrons. The first-order valence-corrected chi connectivity index (χ1v) is 9.15. The van der Waals surface area contributed by atoms with Crippen LogP contribution in [-0.4, -0.2) is 45.1 Å². The van der Waals surface area contributed by atoms with E-state index in [2.05, 4.69) is 10.4 Å². The van der Waals surface area contributed by atoms with Crippen LogP contribution in [0.15, 0.2) is 30.5 Å². The van der Waals surface area contributed by atoms with Gasteiger partial charge >= 0.3 is 0 Å². The Morgan fingerprint density at radius 3 is 2.69 bits per heavy atom. The molecule has 6 nitrogen and oxygen atoms in total. The van der Waals surface area contributed by atoms with Gasteiger partial charge in [0, 0.05) is 19.0 Å². The third kappa shape index (κ3) is 3.36. The zero-order chi connectivity index (χ0) is 18.8. The standard InChI is InChI=1S/C20H26N4O2/c1-5-17-16(11-21-24(17)18-9-7-6-8-14(18)4)20(26)22-15-10-19(25)23(12-15)13(2)3/h6-9,11,13,15H,5,10,12H2,1-4H3,(H,22,26). The quantitative estimate of drug-likeness (QED) is 0.897. The van der Waals surface area contributed by atoms with E-state index in [4.69, 9.17) is 0 Å². The molecule has 6 heteroatoms. The zero-order valence-corrected chi connectivity index (χ0v) is 15.8. The van der Waals surface area contributed by atoms with Gasteiger partial charge in [0.2, 0.25) is 5.91 Å². The van der Waals surface area contributed by atoms with E-state index in [-0.39, 0.29) is 23.9 Å². The number of aromatic nitrogens is 2. The molecule has 138 valence electrons. The predicted molar refractivity (Wildman–Crippen MR) is 100 cm³/mol. The van der Waals surface area contributed by atoms with E-state index < -0.39 is 0 Å². The first kappa shape index (κ1) is 18.2. The molecule has 1 atom stereocenters. The summed E-state index contributed by atoms with van der Waals surface area (Å²) in [6.45, 7) is 8.59. The fourth-order valence-corrected chi connectivity index (χ4v) is 3.50. The molecule has 1 aromatic carbocycles. The molecule has 2 amide bonds. The minimum Gasteiger partial charge on any atom is -0.347 e. The van der Waals surface area contributed by atoms with Crippen LogP contribution in [0.1, 0.15) is 48.8 Å². The minimum absolute atomic E-state index is 0.0941. The van der Waals surface area contributed by atoms with Gasteiger partial charge in [0.15, 0.2) is 0 Å². The number of para-hydroxylation sites is 1. The van der Waals surface area contributed by atoms with E-state index in [1.807, 2.05) is 61.5 Å². The second kappa shape index (κ2) is 7.32. The zero-order valence-electron chi connectivity index (χ0n) is 15.8. The van der Waals surface area contributed by atoms with Crippen LogP contribution in [0.3, 0.4) is 0 Å². The average Bonchev–Trinajstić information content (AvgIpc) is 3.18. The van der Waals surface area contributed by atoms with Crippen molar-refractivity contribution in [1.82, 2.24) is 20.0 Å². The van der Waals surface area contributed by atoms with Gasteiger partial charge in [0.05, 0.1) is 29.2 Å². The maximum absolute atomic E-state index is 12.8. The monoisotopic (exact) mass is 354 g/mol. The van der Waals surface area contributed by atoms with Crippen molar-refractivity contribution in [3.8, 4) is 5.69 Å². The maximum atomic E-state index is 12.8. The van der Waals surface area contributed by atoms with E-state index >= 15 is 0 Å². The molecule has 0 spiro atoms. The topological polar surface area (TPSA) is 67.2 Å². The predicted octanol–water partition coefficient (Wildman–Crippen LogP) is 2.48. The highest BCUT2D eigenvalue weighted by Crippen LogP contribution is 2.20. The Balaban J connectivity index is 1.81. The van der Waals surface area contributed by atoms with Crippen molar-refractivity contribution in [1.29, 1.82) is 0 Å². The molecule has 0 bridgehead atoms. The number of carbonyl (C=O) groups is 2. The molecule has 1 aliphatic rings. The van der Waals surface area contributed by atoms with Gasteiger partial charge in [-0.25, -0.2) is 4.68 Å². The Morgan fingerprint density at radius 2 is 2.08 bits per heavy atom. The highest BCUT2D eigenvalue weighted by atomic mass is 16.2. The first-order valence-electron chi connectivity index (χ1n) is 9.15. The summed E-state index contributed by atoms with van der Waals surface area (Å²) >= 11 is 0. The fourth-order valence-electron chi connectivity index (χ4n) is 3.50. The Hall–Kier alpha value is -2.63. The molecule has 1 aromatic heterocycles. The first-order chi connectivity index (χ1) is 12.4. The third-order valence-corrected chi connectivity index (χ3v) is 4.91. The van der Waals surface area contributed by atoms with Gasteiger partial charge in [-0.1, -0.05) is 25.1 Å². The second-order valence-corrected chi connectivity index (χ2v) is 7.07. The summed E-state index contributed by atoms with van der Waals surface area (Å²) in [5.41, 5.74) is 3.53. The van der Waals surface area contributed by atoms with Gasteiger partial charge < -0.3 is 10.2 Å².